The number of anilines is 1. The minimum absolute atomic E-state index is 0.251. The molecule has 2 aromatic rings. The number of rotatable bonds is 8. The summed E-state index contributed by atoms with van der Waals surface area (Å²) >= 11 is 0. The van der Waals surface area contributed by atoms with Gasteiger partial charge in [-0.2, -0.15) is 0 Å². The van der Waals surface area contributed by atoms with E-state index >= 15 is 0 Å². The molecule has 1 fully saturated rings. The van der Waals surface area contributed by atoms with Gasteiger partial charge in [0.05, 0.1) is 29.8 Å². The molecule has 1 unspecified atom stereocenters. The molecule has 35 heavy (non-hydrogen) atoms. The van der Waals surface area contributed by atoms with Crippen molar-refractivity contribution in [3.8, 4) is 17.0 Å². The van der Waals surface area contributed by atoms with Gasteiger partial charge in [-0.15, -0.1) is 0 Å². The lowest BCUT2D eigenvalue weighted by atomic mass is 9.82. The first-order chi connectivity index (χ1) is 16.3. The fourth-order valence-corrected chi connectivity index (χ4v) is 4.26. The molecule has 1 saturated heterocycles. The summed E-state index contributed by atoms with van der Waals surface area (Å²) in [5.74, 6) is 0.110. The fourth-order valence-electron chi connectivity index (χ4n) is 4.26. The molecule has 0 bridgehead atoms. The third-order valence-electron chi connectivity index (χ3n) is 6.27. The molecule has 2 aromatic heterocycles. The van der Waals surface area contributed by atoms with Gasteiger partial charge in [-0.3, -0.25) is 9.97 Å². The number of carbonyl (C=O) groups is 1. The van der Waals surface area contributed by atoms with Crippen molar-refractivity contribution in [1.82, 2.24) is 9.97 Å². The summed E-state index contributed by atoms with van der Waals surface area (Å²) < 4.78 is 11.9. The van der Waals surface area contributed by atoms with Gasteiger partial charge in [0.1, 0.15) is 5.75 Å². The van der Waals surface area contributed by atoms with E-state index in [9.17, 15) is 9.90 Å². The quantitative estimate of drug-likeness (QED) is 0.489. The molecule has 1 atom stereocenters. The molecule has 1 N–H and O–H groups in total. The molecule has 0 aliphatic carbocycles. The fraction of sp³-hybridized carbons (Fsp3) is 0.607. The Kier molecular flexibility index (Phi) is 8.10. The van der Waals surface area contributed by atoms with Gasteiger partial charge in [0.25, 0.3) is 0 Å². The van der Waals surface area contributed by atoms with E-state index < -0.39 is 17.7 Å². The van der Waals surface area contributed by atoms with Crippen LogP contribution >= 0.6 is 0 Å². The van der Waals surface area contributed by atoms with Crippen LogP contribution in [-0.4, -0.2) is 46.3 Å². The highest BCUT2D eigenvalue weighted by Gasteiger charge is 2.35. The number of piperidine rings is 1. The number of carboxylic acid groups (broad SMARTS) is 1. The van der Waals surface area contributed by atoms with Crippen LogP contribution in [0.1, 0.15) is 78.7 Å². The second-order valence-electron chi connectivity index (χ2n) is 11.7. The van der Waals surface area contributed by atoms with Crippen molar-refractivity contribution in [2.45, 2.75) is 79.9 Å². The highest BCUT2D eigenvalue weighted by Crippen LogP contribution is 2.43. The molecule has 0 saturated carbocycles. The van der Waals surface area contributed by atoms with E-state index in [1.165, 1.54) is 0 Å². The summed E-state index contributed by atoms with van der Waals surface area (Å²) in [5.41, 5.74) is 3.27. The predicted octanol–water partition coefficient (Wildman–Crippen LogP) is 6.05. The van der Waals surface area contributed by atoms with Gasteiger partial charge < -0.3 is 19.5 Å². The van der Waals surface area contributed by atoms with Crippen molar-refractivity contribution in [1.29, 1.82) is 0 Å². The first kappa shape index (κ1) is 26.9. The standard InChI is InChI=1S/C28H41N3O4/c1-18(2)17-34-20-9-10-22(30-15-20)21-16-29-19(3)23(25(26(32)33)35-27(4,5)6)24(21)31-13-11-28(7,8)12-14-31/h9-10,15-16,18,25H,11-14,17H2,1-8H3,(H,32,33). The summed E-state index contributed by atoms with van der Waals surface area (Å²) in [6.07, 6.45) is 4.42. The largest absolute Gasteiger partial charge is 0.492 e. The van der Waals surface area contributed by atoms with Gasteiger partial charge in [-0.05, 0) is 64.0 Å². The SMILES string of the molecule is Cc1ncc(-c2ccc(OCC(C)C)cn2)c(N2CCC(C)(C)CC2)c1C(OC(C)(C)C)C(=O)O. The van der Waals surface area contributed by atoms with Crippen LogP contribution in [0.25, 0.3) is 11.3 Å². The van der Waals surface area contributed by atoms with E-state index in [2.05, 4.69) is 42.6 Å². The lowest BCUT2D eigenvalue weighted by Gasteiger charge is -2.40. The maximum absolute atomic E-state index is 12.5. The van der Waals surface area contributed by atoms with Crippen LogP contribution < -0.4 is 9.64 Å². The summed E-state index contributed by atoms with van der Waals surface area (Å²) in [4.78, 5) is 24.1. The van der Waals surface area contributed by atoms with Crippen molar-refractivity contribution in [3.63, 3.8) is 0 Å². The molecule has 192 valence electrons. The Bertz CT molecular complexity index is 1020. The van der Waals surface area contributed by atoms with Crippen LogP contribution in [0.4, 0.5) is 5.69 Å². The summed E-state index contributed by atoms with van der Waals surface area (Å²) in [6, 6.07) is 3.83. The van der Waals surface area contributed by atoms with Crippen LogP contribution in [0, 0.1) is 18.3 Å². The molecule has 0 aromatic carbocycles. The first-order valence-corrected chi connectivity index (χ1v) is 12.5. The Balaban J connectivity index is 2.13. The second-order valence-corrected chi connectivity index (χ2v) is 11.7. The molecule has 0 radical (unpaired) electrons. The van der Waals surface area contributed by atoms with Gasteiger partial charge in [-0.25, -0.2) is 4.79 Å². The van der Waals surface area contributed by atoms with Crippen molar-refractivity contribution in [3.05, 3.63) is 35.8 Å². The van der Waals surface area contributed by atoms with Crippen LogP contribution in [0.5, 0.6) is 5.75 Å². The van der Waals surface area contributed by atoms with Crippen LogP contribution in [0.3, 0.4) is 0 Å². The van der Waals surface area contributed by atoms with Gasteiger partial charge in [-0.1, -0.05) is 27.7 Å². The normalized spacial score (nSPS) is 16.9. The highest BCUT2D eigenvalue weighted by molar-refractivity contribution is 5.85. The number of carboxylic acids is 1. The number of hydrogen-bond donors (Lipinski definition) is 1. The maximum Gasteiger partial charge on any atom is 0.337 e. The summed E-state index contributed by atoms with van der Waals surface area (Å²) in [7, 11) is 0. The van der Waals surface area contributed by atoms with Gasteiger partial charge >= 0.3 is 5.97 Å². The predicted molar refractivity (Wildman–Crippen MR) is 139 cm³/mol. The van der Waals surface area contributed by atoms with E-state index in [0.29, 0.717) is 29.5 Å². The van der Waals surface area contributed by atoms with Gasteiger partial charge in [0.15, 0.2) is 6.10 Å². The molecule has 0 amide bonds. The number of hydrogen-bond acceptors (Lipinski definition) is 6. The van der Waals surface area contributed by atoms with E-state index in [-0.39, 0.29) is 5.41 Å². The molecule has 3 heterocycles. The topological polar surface area (TPSA) is 84.8 Å². The Hall–Kier alpha value is -2.67. The zero-order valence-electron chi connectivity index (χ0n) is 22.5. The van der Waals surface area contributed by atoms with E-state index in [4.69, 9.17) is 9.47 Å². The van der Waals surface area contributed by atoms with Crippen LogP contribution in [0.2, 0.25) is 0 Å². The average molecular weight is 484 g/mol. The number of ether oxygens (including phenoxy) is 2. The maximum atomic E-state index is 12.5. The monoisotopic (exact) mass is 483 g/mol. The summed E-state index contributed by atoms with van der Waals surface area (Å²) in [6.45, 7) is 18.5. The van der Waals surface area contributed by atoms with Crippen LogP contribution in [-0.2, 0) is 9.53 Å². The van der Waals surface area contributed by atoms with Gasteiger partial charge in [0, 0.05) is 36.1 Å². The zero-order valence-corrected chi connectivity index (χ0v) is 22.5. The molecule has 7 nitrogen and oxygen atoms in total. The zero-order chi connectivity index (χ0) is 26.0. The number of aryl methyl sites for hydroxylation is 1. The molecule has 7 heteroatoms. The van der Waals surface area contributed by atoms with Crippen molar-refractivity contribution < 1.29 is 19.4 Å². The van der Waals surface area contributed by atoms with E-state index in [1.807, 2.05) is 39.8 Å². The Labute approximate surface area is 209 Å². The first-order valence-electron chi connectivity index (χ1n) is 12.5. The van der Waals surface area contributed by atoms with Crippen LogP contribution in [0.15, 0.2) is 24.5 Å². The lowest BCUT2D eigenvalue weighted by Crippen LogP contribution is -2.39. The molecular formula is C28H41N3O4. The lowest BCUT2D eigenvalue weighted by molar-refractivity contribution is -0.160. The van der Waals surface area contributed by atoms with E-state index in [0.717, 1.165) is 42.9 Å². The highest BCUT2D eigenvalue weighted by atomic mass is 16.5. The van der Waals surface area contributed by atoms with Crippen molar-refractivity contribution in [2.24, 2.45) is 11.3 Å². The molecule has 1 aliphatic heterocycles. The minimum Gasteiger partial charge on any atom is -0.492 e. The number of aromatic nitrogens is 2. The van der Waals surface area contributed by atoms with Crippen molar-refractivity contribution in [2.75, 3.05) is 24.6 Å². The number of aliphatic carboxylic acids is 1. The third kappa shape index (κ3) is 6.94. The Morgan fingerprint density at radius 3 is 2.31 bits per heavy atom. The number of pyridine rings is 2. The smallest absolute Gasteiger partial charge is 0.337 e. The van der Waals surface area contributed by atoms with E-state index in [1.54, 1.807) is 12.4 Å². The third-order valence-corrected chi connectivity index (χ3v) is 6.27. The number of nitrogens with zero attached hydrogens (tertiary/aromatic N) is 3. The molecular weight excluding hydrogens is 442 g/mol. The summed E-state index contributed by atoms with van der Waals surface area (Å²) in [5, 5.41) is 10.2. The molecule has 0 spiro atoms. The average Bonchev–Trinajstić information content (AvgIpc) is 2.76. The Morgan fingerprint density at radius 1 is 1.14 bits per heavy atom. The van der Waals surface area contributed by atoms with Gasteiger partial charge in [0.2, 0.25) is 0 Å². The Morgan fingerprint density at radius 2 is 1.80 bits per heavy atom. The second kappa shape index (κ2) is 10.5. The molecule has 3 rings (SSSR count). The minimum atomic E-state index is -1.14. The molecule has 1 aliphatic rings. The van der Waals surface area contributed by atoms with Crippen molar-refractivity contribution >= 4 is 11.7 Å².